The summed E-state index contributed by atoms with van der Waals surface area (Å²) in [6.07, 6.45) is 1.86. The Hall–Kier alpha value is -2.45. The Morgan fingerprint density at radius 2 is 2.00 bits per heavy atom. The van der Waals surface area contributed by atoms with Crippen LogP contribution in [0.3, 0.4) is 0 Å². The average Bonchev–Trinajstić information content (AvgIpc) is 3.41. The number of thiophene rings is 1. The lowest BCUT2D eigenvalue weighted by molar-refractivity contribution is -0.125. The number of carbonyl (C=O) groups is 2. The lowest BCUT2D eigenvalue weighted by Gasteiger charge is -2.27. The molecular weight excluding hydrogens is 446 g/mol. The molecule has 0 saturated carbocycles. The molecule has 0 radical (unpaired) electrons. The van der Waals surface area contributed by atoms with Gasteiger partial charge in [0.25, 0.3) is 5.91 Å². The van der Waals surface area contributed by atoms with Crippen LogP contribution in [0.1, 0.15) is 17.7 Å². The maximum Gasteiger partial charge on any atom is 0.253 e. The first kappa shape index (κ1) is 21.4. The molecule has 6 nitrogen and oxygen atoms in total. The smallest absolute Gasteiger partial charge is 0.253 e. The number of nitrogens with one attached hydrogen (secondary N) is 1. The van der Waals surface area contributed by atoms with E-state index in [-0.39, 0.29) is 24.5 Å². The molecule has 2 fully saturated rings. The third-order valence-corrected chi connectivity index (χ3v) is 7.31. The fourth-order valence-electron chi connectivity index (χ4n) is 4.39. The summed E-state index contributed by atoms with van der Waals surface area (Å²) in [5.74, 6) is -0.0278. The van der Waals surface area contributed by atoms with Gasteiger partial charge in [0, 0.05) is 39.1 Å². The molecule has 0 bridgehead atoms. The molecule has 2 saturated heterocycles. The number of hydrogen-bond donors (Lipinski definition) is 1. The van der Waals surface area contributed by atoms with Gasteiger partial charge >= 0.3 is 0 Å². The second-order valence-corrected chi connectivity index (χ2v) is 9.76. The van der Waals surface area contributed by atoms with Crippen molar-refractivity contribution in [2.45, 2.75) is 25.4 Å². The van der Waals surface area contributed by atoms with Gasteiger partial charge in [0.15, 0.2) is 0 Å². The molecule has 1 aromatic heterocycles. The van der Waals surface area contributed by atoms with Gasteiger partial charge in [-0.25, -0.2) is 0 Å². The zero-order valence-electron chi connectivity index (χ0n) is 17.6. The van der Waals surface area contributed by atoms with E-state index in [1.165, 1.54) is 15.0 Å². The summed E-state index contributed by atoms with van der Waals surface area (Å²) in [6.45, 7) is 2.86. The van der Waals surface area contributed by atoms with Crippen molar-refractivity contribution >= 4 is 56.2 Å². The highest BCUT2D eigenvalue weighted by Gasteiger charge is 2.31. The van der Waals surface area contributed by atoms with Crippen LogP contribution in [0.4, 0.5) is 11.4 Å². The predicted molar refractivity (Wildman–Crippen MR) is 129 cm³/mol. The summed E-state index contributed by atoms with van der Waals surface area (Å²) in [4.78, 5) is 30.2. The number of halogens is 1. The zero-order chi connectivity index (χ0) is 22.1. The van der Waals surface area contributed by atoms with Crippen LogP contribution in [0.15, 0.2) is 48.5 Å². The van der Waals surface area contributed by atoms with Crippen LogP contribution >= 0.6 is 22.9 Å². The van der Waals surface area contributed by atoms with Crippen molar-refractivity contribution in [2.75, 3.05) is 36.5 Å². The summed E-state index contributed by atoms with van der Waals surface area (Å²) >= 11 is 7.85. The summed E-state index contributed by atoms with van der Waals surface area (Å²) in [5, 5.41) is 4.98. The highest BCUT2D eigenvalue weighted by Crippen LogP contribution is 2.31. The van der Waals surface area contributed by atoms with Gasteiger partial charge in [-0.1, -0.05) is 17.7 Å². The Morgan fingerprint density at radius 1 is 1.16 bits per heavy atom. The minimum Gasteiger partial charge on any atom is -0.370 e. The third-order valence-electron chi connectivity index (χ3n) is 5.99. The highest BCUT2D eigenvalue weighted by molar-refractivity contribution is 7.19. The highest BCUT2D eigenvalue weighted by atomic mass is 35.5. The molecule has 2 amide bonds. The summed E-state index contributed by atoms with van der Waals surface area (Å²) in [7, 11) is 0. The average molecular weight is 470 g/mol. The Bertz CT molecular complexity index is 1150. The number of nitrogens with zero attached hydrogens (tertiary/aromatic N) is 2. The normalized spacial score (nSPS) is 19.6. The van der Waals surface area contributed by atoms with Gasteiger partial charge in [0.2, 0.25) is 5.91 Å². The van der Waals surface area contributed by atoms with Crippen molar-refractivity contribution in [1.29, 1.82) is 0 Å². The van der Waals surface area contributed by atoms with Crippen LogP contribution in [0.25, 0.3) is 10.1 Å². The first-order valence-corrected chi connectivity index (χ1v) is 12.0. The van der Waals surface area contributed by atoms with Crippen LogP contribution in [-0.4, -0.2) is 49.1 Å². The van der Waals surface area contributed by atoms with Crippen LogP contribution in [0.2, 0.25) is 5.02 Å². The molecule has 32 heavy (non-hydrogen) atoms. The minimum atomic E-state index is -0.149. The van der Waals surface area contributed by atoms with E-state index in [4.69, 9.17) is 16.3 Å². The van der Waals surface area contributed by atoms with E-state index >= 15 is 0 Å². The van der Waals surface area contributed by atoms with Gasteiger partial charge in [-0.3, -0.25) is 14.5 Å². The Morgan fingerprint density at radius 3 is 2.81 bits per heavy atom. The molecular formula is C24H24ClN3O3S. The SMILES string of the molecule is O=C(Nc1ccc(N2CCOCC2=O)cc1)C1CCCN1Cc1cc2ccc(Cl)cc2s1. The summed E-state index contributed by atoms with van der Waals surface area (Å²) < 4.78 is 6.36. The molecule has 0 spiro atoms. The van der Waals surface area contributed by atoms with Crippen molar-refractivity contribution in [2.24, 2.45) is 0 Å². The van der Waals surface area contributed by atoms with Crippen molar-refractivity contribution in [3.05, 3.63) is 58.4 Å². The molecule has 5 rings (SSSR count). The molecule has 3 aromatic rings. The molecule has 1 N–H and O–H groups in total. The zero-order valence-corrected chi connectivity index (χ0v) is 19.1. The molecule has 1 unspecified atom stereocenters. The summed E-state index contributed by atoms with van der Waals surface area (Å²) in [5.41, 5.74) is 1.56. The Kier molecular flexibility index (Phi) is 6.15. The van der Waals surface area contributed by atoms with Gasteiger partial charge in [-0.15, -0.1) is 11.3 Å². The molecule has 2 aliphatic rings. The van der Waals surface area contributed by atoms with E-state index in [0.717, 1.165) is 42.3 Å². The molecule has 0 aliphatic carbocycles. The van der Waals surface area contributed by atoms with Crippen molar-refractivity contribution < 1.29 is 14.3 Å². The monoisotopic (exact) mass is 469 g/mol. The topological polar surface area (TPSA) is 61.9 Å². The van der Waals surface area contributed by atoms with Gasteiger partial charge < -0.3 is 15.0 Å². The van der Waals surface area contributed by atoms with Gasteiger partial charge in [-0.05, 0) is 67.2 Å². The third kappa shape index (κ3) is 4.52. The number of morpholine rings is 1. The quantitative estimate of drug-likeness (QED) is 0.596. The summed E-state index contributed by atoms with van der Waals surface area (Å²) in [6, 6.07) is 15.4. The van der Waals surface area contributed by atoms with E-state index < -0.39 is 0 Å². The fraction of sp³-hybridized carbons (Fsp3) is 0.333. The Labute approximate surface area is 195 Å². The van der Waals surface area contributed by atoms with Gasteiger partial charge in [-0.2, -0.15) is 0 Å². The van der Waals surface area contributed by atoms with E-state index in [9.17, 15) is 9.59 Å². The van der Waals surface area contributed by atoms with E-state index in [1.54, 1.807) is 16.2 Å². The number of likely N-dealkylation sites (tertiary alicyclic amines) is 1. The Balaban J connectivity index is 1.23. The van der Waals surface area contributed by atoms with Crippen molar-refractivity contribution in [1.82, 2.24) is 4.90 Å². The van der Waals surface area contributed by atoms with Crippen LogP contribution < -0.4 is 10.2 Å². The van der Waals surface area contributed by atoms with Crippen LogP contribution in [0, 0.1) is 0 Å². The van der Waals surface area contributed by atoms with E-state index in [1.807, 2.05) is 42.5 Å². The van der Waals surface area contributed by atoms with Crippen LogP contribution in [0.5, 0.6) is 0 Å². The molecule has 2 aromatic carbocycles. The predicted octanol–water partition coefficient (Wildman–Crippen LogP) is 4.52. The van der Waals surface area contributed by atoms with Crippen molar-refractivity contribution in [3.8, 4) is 0 Å². The number of amides is 2. The molecule has 166 valence electrons. The second kappa shape index (κ2) is 9.19. The van der Waals surface area contributed by atoms with Crippen molar-refractivity contribution in [3.63, 3.8) is 0 Å². The van der Waals surface area contributed by atoms with Gasteiger partial charge in [0.1, 0.15) is 6.61 Å². The lowest BCUT2D eigenvalue weighted by Crippen LogP contribution is -2.41. The molecule has 8 heteroatoms. The van der Waals surface area contributed by atoms with Gasteiger partial charge in [0.05, 0.1) is 12.6 Å². The molecule has 2 aliphatic heterocycles. The number of hydrogen-bond acceptors (Lipinski definition) is 5. The fourth-order valence-corrected chi connectivity index (χ4v) is 5.76. The number of rotatable bonds is 5. The number of fused-ring (bicyclic) bond motifs is 1. The second-order valence-electron chi connectivity index (χ2n) is 8.16. The lowest BCUT2D eigenvalue weighted by atomic mass is 10.2. The minimum absolute atomic E-state index is 0.0156. The standard InChI is InChI=1S/C24H24ClN3O3S/c25-17-4-3-16-12-20(32-22(16)13-17)14-27-9-1-2-21(27)24(30)26-18-5-7-19(8-6-18)28-10-11-31-15-23(28)29/h3-8,12-13,21H,1-2,9-11,14-15H2,(H,26,30). The molecule has 3 heterocycles. The maximum atomic E-state index is 13.0. The van der Waals surface area contributed by atoms with E-state index in [2.05, 4.69) is 16.3 Å². The largest absolute Gasteiger partial charge is 0.370 e. The maximum absolute atomic E-state index is 13.0. The number of ether oxygens (including phenoxy) is 1. The first-order chi connectivity index (χ1) is 15.6. The first-order valence-electron chi connectivity index (χ1n) is 10.8. The number of carbonyl (C=O) groups excluding carboxylic acids is 2. The molecule has 1 atom stereocenters. The van der Waals surface area contributed by atoms with Crippen LogP contribution in [-0.2, 0) is 20.9 Å². The number of anilines is 2. The van der Waals surface area contributed by atoms with E-state index in [0.29, 0.717) is 13.2 Å². The number of benzene rings is 2.